The zero-order valence-corrected chi connectivity index (χ0v) is 18.1. The Kier molecular flexibility index (Phi) is 5.98. The highest BCUT2D eigenvalue weighted by Crippen LogP contribution is 2.25. The van der Waals surface area contributed by atoms with Gasteiger partial charge in [0.15, 0.2) is 5.16 Å². The number of methoxy groups -OCH3 is 1. The molecule has 0 bridgehead atoms. The van der Waals surface area contributed by atoms with Gasteiger partial charge in [0.05, 0.1) is 28.8 Å². The van der Waals surface area contributed by atoms with Crippen LogP contribution < -0.4 is 10.1 Å². The number of hydrogen-bond donors (Lipinski definition) is 2. The quantitative estimate of drug-likeness (QED) is 0.541. The lowest BCUT2D eigenvalue weighted by molar-refractivity contribution is -0.113. The molecule has 30 heavy (non-hydrogen) atoms. The van der Waals surface area contributed by atoms with Crippen LogP contribution in [0, 0.1) is 0 Å². The van der Waals surface area contributed by atoms with E-state index in [0.29, 0.717) is 23.9 Å². The van der Waals surface area contributed by atoms with E-state index in [1.165, 1.54) is 22.1 Å². The lowest BCUT2D eigenvalue weighted by Crippen LogP contribution is -2.28. The van der Waals surface area contributed by atoms with Crippen molar-refractivity contribution in [2.75, 3.05) is 31.3 Å². The lowest BCUT2D eigenvalue weighted by atomic mass is 10.3. The molecule has 0 atom stereocenters. The molecule has 4 rings (SSSR count). The van der Waals surface area contributed by atoms with Gasteiger partial charge in [-0.1, -0.05) is 17.8 Å². The van der Waals surface area contributed by atoms with E-state index >= 15 is 0 Å². The number of carbonyl (C=O) groups excluding carboxylic acids is 1. The van der Waals surface area contributed by atoms with Gasteiger partial charge >= 0.3 is 0 Å². The summed E-state index contributed by atoms with van der Waals surface area (Å²) >= 11 is 1.27. The summed E-state index contributed by atoms with van der Waals surface area (Å²) in [6, 6.07) is 11.9. The number of rotatable bonds is 7. The first-order chi connectivity index (χ1) is 14.5. The number of amides is 1. The van der Waals surface area contributed by atoms with E-state index in [2.05, 4.69) is 15.3 Å². The van der Waals surface area contributed by atoms with Gasteiger partial charge < -0.3 is 15.0 Å². The number of nitrogens with one attached hydrogen (secondary N) is 2. The molecule has 1 aromatic heterocycles. The molecule has 1 aliphatic heterocycles. The fourth-order valence-electron chi connectivity index (χ4n) is 3.30. The molecule has 0 saturated carbocycles. The number of thioether (sulfide) groups is 1. The van der Waals surface area contributed by atoms with Crippen molar-refractivity contribution in [1.29, 1.82) is 0 Å². The standard InChI is InChI=1S/C20H22N4O4S2/c1-28-15-7-8-17-18(12-15)23-20(22-17)29-13-19(25)21-14-5-4-6-16(11-14)30(26,27)24-9-2-3-10-24/h4-8,11-12H,2-3,9-10,13H2,1H3,(H,21,25)(H,22,23). The van der Waals surface area contributed by atoms with Gasteiger partial charge in [0.2, 0.25) is 15.9 Å². The van der Waals surface area contributed by atoms with Crippen LogP contribution in [0.2, 0.25) is 0 Å². The normalized spacial score (nSPS) is 14.8. The highest BCUT2D eigenvalue weighted by molar-refractivity contribution is 7.99. The van der Waals surface area contributed by atoms with E-state index in [4.69, 9.17) is 4.74 Å². The number of H-pyrrole nitrogens is 1. The van der Waals surface area contributed by atoms with Crippen molar-refractivity contribution in [3.63, 3.8) is 0 Å². The van der Waals surface area contributed by atoms with Crippen LogP contribution in [0.5, 0.6) is 5.75 Å². The van der Waals surface area contributed by atoms with Crippen molar-refractivity contribution in [1.82, 2.24) is 14.3 Å². The minimum absolute atomic E-state index is 0.139. The summed E-state index contributed by atoms with van der Waals surface area (Å²) in [6.07, 6.45) is 1.75. The van der Waals surface area contributed by atoms with E-state index in [1.54, 1.807) is 25.3 Å². The molecule has 0 spiro atoms. The Hall–Kier alpha value is -2.56. The van der Waals surface area contributed by atoms with E-state index in [0.717, 1.165) is 29.6 Å². The zero-order chi connectivity index (χ0) is 21.1. The molecule has 0 aliphatic carbocycles. The van der Waals surface area contributed by atoms with Gasteiger partial charge in [-0.3, -0.25) is 4.79 Å². The highest BCUT2D eigenvalue weighted by atomic mass is 32.2. The smallest absolute Gasteiger partial charge is 0.243 e. The summed E-state index contributed by atoms with van der Waals surface area (Å²) in [5, 5.41) is 3.39. The second-order valence-corrected chi connectivity index (χ2v) is 9.80. The molecule has 2 N–H and O–H groups in total. The van der Waals surface area contributed by atoms with Crippen LogP contribution in [0.1, 0.15) is 12.8 Å². The number of aromatic amines is 1. The molecule has 1 amide bonds. The Bertz CT molecular complexity index is 1170. The Labute approximate surface area is 179 Å². The highest BCUT2D eigenvalue weighted by Gasteiger charge is 2.27. The van der Waals surface area contributed by atoms with E-state index in [-0.39, 0.29) is 16.6 Å². The third-order valence-corrected chi connectivity index (χ3v) is 7.60. The Morgan fingerprint density at radius 1 is 1.23 bits per heavy atom. The Balaban J connectivity index is 1.39. The largest absolute Gasteiger partial charge is 0.497 e. The van der Waals surface area contributed by atoms with Crippen LogP contribution in [0.4, 0.5) is 5.69 Å². The second-order valence-electron chi connectivity index (χ2n) is 6.90. The van der Waals surface area contributed by atoms with Gasteiger partial charge in [0, 0.05) is 24.8 Å². The Morgan fingerprint density at radius 3 is 2.80 bits per heavy atom. The zero-order valence-electron chi connectivity index (χ0n) is 16.4. The molecule has 10 heteroatoms. The third-order valence-electron chi connectivity index (χ3n) is 4.83. The first-order valence-electron chi connectivity index (χ1n) is 9.52. The number of benzene rings is 2. The molecule has 2 heterocycles. The van der Waals surface area contributed by atoms with E-state index in [9.17, 15) is 13.2 Å². The van der Waals surface area contributed by atoms with Gasteiger partial charge in [-0.25, -0.2) is 13.4 Å². The summed E-state index contributed by atoms with van der Waals surface area (Å²) in [5.41, 5.74) is 2.07. The van der Waals surface area contributed by atoms with Crippen LogP contribution in [0.15, 0.2) is 52.5 Å². The molecule has 2 aromatic carbocycles. The number of anilines is 1. The summed E-state index contributed by atoms with van der Waals surface area (Å²) in [4.78, 5) is 20.2. The first kappa shape index (κ1) is 20.7. The van der Waals surface area contributed by atoms with Crippen molar-refractivity contribution in [2.24, 2.45) is 0 Å². The number of hydrogen-bond acceptors (Lipinski definition) is 6. The van der Waals surface area contributed by atoms with Crippen molar-refractivity contribution >= 4 is 44.4 Å². The SMILES string of the molecule is COc1ccc2nc(SCC(=O)Nc3cccc(S(=O)(=O)N4CCCC4)c3)[nH]c2c1. The van der Waals surface area contributed by atoms with Crippen LogP contribution in [0.3, 0.4) is 0 Å². The van der Waals surface area contributed by atoms with Gasteiger partial charge in [0.1, 0.15) is 5.75 Å². The van der Waals surface area contributed by atoms with Crippen molar-refractivity contribution in [3.8, 4) is 5.75 Å². The fraction of sp³-hybridized carbons (Fsp3) is 0.300. The lowest BCUT2D eigenvalue weighted by Gasteiger charge is -2.16. The maximum absolute atomic E-state index is 12.7. The molecule has 1 saturated heterocycles. The minimum Gasteiger partial charge on any atom is -0.497 e. The summed E-state index contributed by atoms with van der Waals surface area (Å²) < 4.78 is 32.1. The molecule has 1 aliphatic rings. The number of sulfonamides is 1. The molecule has 3 aromatic rings. The van der Waals surface area contributed by atoms with Crippen molar-refractivity contribution in [3.05, 3.63) is 42.5 Å². The number of carbonyl (C=O) groups is 1. The van der Waals surface area contributed by atoms with Gasteiger partial charge in [-0.15, -0.1) is 0 Å². The summed E-state index contributed by atoms with van der Waals surface area (Å²) in [5.74, 6) is 0.623. The van der Waals surface area contributed by atoms with Crippen LogP contribution in [-0.2, 0) is 14.8 Å². The molecular formula is C20H22N4O4S2. The number of aromatic nitrogens is 2. The average Bonchev–Trinajstić information content (AvgIpc) is 3.42. The van der Waals surface area contributed by atoms with Crippen molar-refractivity contribution in [2.45, 2.75) is 22.9 Å². The predicted octanol–water partition coefficient (Wildman–Crippen LogP) is 3.09. The second kappa shape index (κ2) is 8.66. The van der Waals surface area contributed by atoms with Crippen LogP contribution in [0.25, 0.3) is 11.0 Å². The molecule has 158 valence electrons. The maximum atomic E-state index is 12.7. The molecule has 0 unspecified atom stereocenters. The number of ether oxygens (including phenoxy) is 1. The fourth-order valence-corrected chi connectivity index (χ4v) is 5.55. The number of nitrogens with zero attached hydrogens (tertiary/aromatic N) is 2. The van der Waals surface area contributed by atoms with Gasteiger partial charge in [-0.2, -0.15) is 4.31 Å². The molecule has 1 fully saturated rings. The number of fused-ring (bicyclic) bond motifs is 1. The summed E-state index contributed by atoms with van der Waals surface area (Å²) in [6.45, 7) is 1.08. The maximum Gasteiger partial charge on any atom is 0.243 e. The Morgan fingerprint density at radius 2 is 2.03 bits per heavy atom. The van der Waals surface area contributed by atoms with Crippen molar-refractivity contribution < 1.29 is 17.9 Å². The van der Waals surface area contributed by atoms with Crippen LogP contribution in [-0.4, -0.2) is 54.6 Å². The number of imidazole rings is 1. The molecule has 0 radical (unpaired) electrons. The van der Waals surface area contributed by atoms with Gasteiger partial charge in [-0.05, 0) is 43.2 Å². The van der Waals surface area contributed by atoms with E-state index in [1.807, 2.05) is 18.2 Å². The summed E-state index contributed by atoms with van der Waals surface area (Å²) in [7, 11) is -1.92. The monoisotopic (exact) mass is 446 g/mol. The minimum atomic E-state index is -3.52. The average molecular weight is 447 g/mol. The van der Waals surface area contributed by atoms with Gasteiger partial charge in [0.25, 0.3) is 0 Å². The van der Waals surface area contributed by atoms with Crippen LogP contribution >= 0.6 is 11.8 Å². The topological polar surface area (TPSA) is 104 Å². The predicted molar refractivity (Wildman–Crippen MR) is 116 cm³/mol. The van der Waals surface area contributed by atoms with E-state index < -0.39 is 10.0 Å². The third kappa shape index (κ3) is 4.45. The first-order valence-corrected chi connectivity index (χ1v) is 11.9. The molecular weight excluding hydrogens is 424 g/mol. The molecule has 8 nitrogen and oxygen atoms in total.